The molecule has 2 nitrogen and oxygen atoms in total. The van der Waals surface area contributed by atoms with Crippen LogP contribution in [0.5, 0.6) is 0 Å². The Balaban J connectivity index is 2.23. The summed E-state index contributed by atoms with van der Waals surface area (Å²) in [6, 6.07) is 0. The van der Waals surface area contributed by atoms with Crippen LogP contribution in [0.3, 0.4) is 0 Å². The second-order valence-corrected chi connectivity index (χ2v) is 7.52. The maximum Gasteiger partial charge on any atom is 0.434 e. The van der Waals surface area contributed by atoms with Crippen molar-refractivity contribution in [2.45, 2.75) is 70.6 Å². The molecular formula is C14H21F3N2S. The third-order valence-corrected chi connectivity index (χ3v) is 4.68. The first-order valence-corrected chi connectivity index (χ1v) is 7.80. The maximum absolute atomic E-state index is 13.1. The highest BCUT2D eigenvalue weighted by molar-refractivity contribution is 7.11. The van der Waals surface area contributed by atoms with Gasteiger partial charge in [0.1, 0.15) is 0 Å². The van der Waals surface area contributed by atoms with Gasteiger partial charge in [0.2, 0.25) is 0 Å². The minimum Gasteiger partial charge on any atom is -0.307 e. The number of aromatic nitrogens is 1. The average molecular weight is 306 g/mol. The molecule has 0 saturated heterocycles. The van der Waals surface area contributed by atoms with E-state index in [2.05, 4.69) is 10.3 Å². The van der Waals surface area contributed by atoms with E-state index in [-0.39, 0.29) is 18.0 Å². The summed E-state index contributed by atoms with van der Waals surface area (Å²) in [5, 5.41) is 3.79. The van der Waals surface area contributed by atoms with E-state index in [9.17, 15) is 13.2 Å². The van der Waals surface area contributed by atoms with Crippen molar-refractivity contribution in [3.05, 3.63) is 15.6 Å². The van der Waals surface area contributed by atoms with Crippen molar-refractivity contribution in [2.75, 3.05) is 0 Å². The Bertz CT molecular complexity index is 454. The molecule has 1 heterocycles. The zero-order valence-corrected chi connectivity index (χ0v) is 12.9. The van der Waals surface area contributed by atoms with Crippen LogP contribution in [-0.2, 0) is 12.7 Å². The quantitative estimate of drug-likeness (QED) is 0.875. The van der Waals surface area contributed by atoms with Crippen molar-refractivity contribution in [2.24, 2.45) is 0 Å². The molecule has 0 unspecified atom stereocenters. The molecule has 0 bridgehead atoms. The summed E-state index contributed by atoms with van der Waals surface area (Å²) in [6.45, 7) is 6.06. The van der Waals surface area contributed by atoms with E-state index in [1.54, 1.807) is 0 Å². The minimum absolute atomic E-state index is 0.208. The molecule has 1 aliphatic rings. The molecule has 0 spiro atoms. The van der Waals surface area contributed by atoms with E-state index in [1.165, 1.54) is 11.3 Å². The normalized spacial score (nSPS) is 17.9. The van der Waals surface area contributed by atoms with Gasteiger partial charge in [0.25, 0.3) is 0 Å². The van der Waals surface area contributed by atoms with Crippen LogP contribution in [0, 0.1) is 0 Å². The number of alkyl halides is 3. The predicted molar refractivity (Wildman–Crippen MR) is 74.9 cm³/mol. The van der Waals surface area contributed by atoms with Gasteiger partial charge >= 0.3 is 6.18 Å². The molecular weight excluding hydrogens is 285 g/mol. The smallest absolute Gasteiger partial charge is 0.307 e. The zero-order chi connectivity index (χ0) is 15.0. The molecule has 0 radical (unpaired) electrons. The van der Waals surface area contributed by atoms with Crippen molar-refractivity contribution >= 4 is 11.3 Å². The van der Waals surface area contributed by atoms with Crippen LogP contribution in [0.2, 0.25) is 0 Å². The van der Waals surface area contributed by atoms with E-state index < -0.39 is 11.9 Å². The molecule has 0 atom stereocenters. The summed E-state index contributed by atoms with van der Waals surface area (Å²) in [5.74, 6) is 0.226. The topological polar surface area (TPSA) is 24.9 Å². The van der Waals surface area contributed by atoms with Gasteiger partial charge in [-0.1, -0.05) is 12.8 Å². The average Bonchev–Trinajstić information content (AvgIpc) is 2.93. The molecule has 1 aromatic heterocycles. The molecule has 6 heteroatoms. The summed E-state index contributed by atoms with van der Waals surface area (Å²) in [5.41, 5.74) is -0.901. The molecule has 1 aliphatic carbocycles. The van der Waals surface area contributed by atoms with E-state index in [4.69, 9.17) is 0 Å². The van der Waals surface area contributed by atoms with Crippen molar-refractivity contribution in [3.63, 3.8) is 0 Å². The minimum atomic E-state index is -4.36. The number of nitrogens with zero attached hydrogens (tertiary/aromatic N) is 1. The fourth-order valence-electron chi connectivity index (χ4n) is 2.40. The Kier molecular flexibility index (Phi) is 4.44. The first kappa shape index (κ1) is 15.8. The van der Waals surface area contributed by atoms with Crippen LogP contribution in [0.15, 0.2) is 0 Å². The third kappa shape index (κ3) is 3.95. The van der Waals surface area contributed by atoms with Gasteiger partial charge in [0.15, 0.2) is 5.69 Å². The highest BCUT2D eigenvalue weighted by Crippen LogP contribution is 2.41. The van der Waals surface area contributed by atoms with Crippen LogP contribution in [0.4, 0.5) is 13.2 Å². The molecule has 0 aliphatic heterocycles. The molecule has 2 rings (SSSR count). The number of hydrogen-bond acceptors (Lipinski definition) is 3. The molecule has 1 aromatic rings. The molecule has 0 aromatic carbocycles. The largest absolute Gasteiger partial charge is 0.434 e. The molecule has 1 saturated carbocycles. The molecule has 0 amide bonds. The fraction of sp³-hybridized carbons (Fsp3) is 0.786. The summed E-state index contributed by atoms with van der Waals surface area (Å²) < 4.78 is 39.3. The number of nitrogens with one attached hydrogen (secondary N) is 1. The van der Waals surface area contributed by atoms with E-state index in [1.807, 2.05) is 20.8 Å². The van der Waals surface area contributed by atoms with Gasteiger partial charge in [-0.25, -0.2) is 4.98 Å². The molecule has 1 N–H and O–H groups in total. The second-order valence-electron chi connectivity index (χ2n) is 6.41. The first-order valence-electron chi connectivity index (χ1n) is 6.98. The van der Waals surface area contributed by atoms with Crippen LogP contribution >= 0.6 is 11.3 Å². The molecule has 20 heavy (non-hydrogen) atoms. The Labute approximate surface area is 121 Å². The Morgan fingerprint density at radius 1 is 1.20 bits per heavy atom. The monoisotopic (exact) mass is 306 g/mol. The summed E-state index contributed by atoms with van der Waals surface area (Å²) in [7, 11) is 0. The Morgan fingerprint density at radius 2 is 1.80 bits per heavy atom. The highest BCUT2D eigenvalue weighted by atomic mass is 32.1. The van der Waals surface area contributed by atoms with E-state index in [0.29, 0.717) is 9.88 Å². The van der Waals surface area contributed by atoms with Crippen LogP contribution in [-0.4, -0.2) is 10.5 Å². The van der Waals surface area contributed by atoms with Gasteiger partial charge in [-0.15, -0.1) is 11.3 Å². The first-order chi connectivity index (χ1) is 9.17. The predicted octanol–water partition coefficient (Wildman–Crippen LogP) is 4.71. The van der Waals surface area contributed by atoms with Gasteiger partial charge < -0.3 is 5.32 Å². The molecule has 114 valence electrons. The lowest BCUT2D eigenvalue weighted by Crippen LogP contribution is -2.35. The van der Waals surface area contributed by atoms with E-state index in [0.717, 1.165) is 25.7 Å². The second kappa shape index (κ2) is 5.64. The van der Waals surface area contributed by atoms with Crippen molar-refractivity contribution in [1.29, 1.82) is 0 Å². The lowest BCUT2D eigenvalue weighted by Gasteiger charge is -2.20. The number of rotatable bonds is 3. The lowest BCUT2D eigenvalue weighted by atomic mass is 10.1. The number of halogens is 3. The van der Waals surface area contributed by atoms with Crippen molar-refractivity contribution in [1.82, 2.24) is 10.3 Å². The SMILES string of the molecule is CC(C)(C)NCc1sc(C2CCCC2)nc1C(F)(F)F. The van der Waals surface area contributed by atoms with Gasteiger partial charge in [-0.2, -0.15) is 13.2 Å². The zero-order valence-electron chi connectivity index (χ0n) is 12.1. The van der Waals surface area contributed by atoms with E-state index >= 15 is 0 Å². The summed E-state index contributed by atoms with van der Waals surface area (Å²) in [4.78, 5) is 4.23. The van der Waals surface area contributed by atoms with Crippen molar-refractivity contribution < 1.29 is 13.2 Å². The molecule has 1 fully saturated rings. The Morgan fingerprint density at radius 3 is 2.30 bits per heavy atom. The van der Waals surface area contributed by atoms with Crippen LogP contribution in [0.25, 0.3) is 0 Å². The van der Waals surface area contributed by atoms with Gasteiger partial charge in [-0.3, -0.25) is 0 Å². The number of hydrogen-bond donors (Lipinski definition) is 1. The van der Waals surface area contributed by atoms with Gasteiger partial charge in [-0.05, 0) is 33.6 Å². The number of thiazole rings is 1. The van der Waals surface area contributed by atoms with Gasteiger partial charge in [0.05, 0.1) is 9.88 Å². The fourth-order valence-corrected chi connectivity index (χ4v) is 3.60. The van der Waals surface area contributed by atoms with Crippen LogP contribution < -0.4 is 5.32 Å². The standard InChI is InChI=1S/C14H21F3N2S/c1-13(2,3)18-8-10-11(14(15,16)17)19-12(20-10)9-6-4-5-7-9/h9,18H,4-8H2,1-3H3. The van der Waals surface area contributed by atoms with Gasteiger partial charge in [0, 0.05) is 18.0 Å². The lowest BCUT2D eigenvalue weighted by molar-refractivity contribution is -0.141. The van der Waals surface area contributed by atoms with Crippen LogP contribution in [0.1, 0.15) is 68.0 Å². The maximum atomic E-state index is 13.1. The summed E-state index contributed by atoms with van der Waals surface area (Å²) >= 11 is 1.23. The summed E-state index contributed by atoms with van der Waals surface area (Å²) in [6.07, 6.45) is -0.224. The van der Waals surface area contributed by atoms with Crippen molar-refractivity contribution in [3.8, 4) is 0 Å². The highest BCUT2D eigenvalue weighted by Gasteiger charge is 2.38. The third-order valence-electron chi connectivity index (χ3n) is 3.47. The Hall–Kier alpha value is -0.620.